The molecule has 0 radical (unpaired) electrons. The first-order valence-electron chi connectivity index (χ1n) is 7.48. The predicted octanol–water partition coefficient (Wildman–Crippen LogP) is 0.211. The normalized spacial score (nSPS) is 30.2. The van der Waals surface area contributed by atoms with Crippen molar-refractivity contribution in [2.75, 3.05) is 39.9 Å². The maximum atomic E-state index is 12.2. The molecule has 0 aromatic heterocycles. The minimum absolute atomic E-state index is 0.0474. The van der Waals surface area contributed by atoms with E-state index >= 15 is 0 Å². The highest BCUT2D eigenvalue weighted by Gasteiger charge is 2.33. The van der Waals surface area contributed by atoms with Crippen molar-refractivity contribution in [2.24, 2.45) is 5.92 Å². The van der Waals surface area contributed by atoms with Crippen LogP contribution in [0.2, 0.25) is 0 Å². The third-order valence-corrected chi connectivity index (χ3v) is 4.16. The fourth-order valence-electron chi connectivity index (χ4n) is 3.02. The summed E-state index contributed by atoms with van der Waals surface area (Å²) in [5.41, 5.74) is 0. The Morgan fingerprint density at radius 1 is 1.32 bits per heavy atom. The lowest BCUT2D eigenvalue weighted by Crippen LogP contribution is -2.49. The molecule has 2 heterocycles. The van der Waals surface area contributed by atoms with Gasteiger partial charge in [-0.1, -0.05) is 6.42 Å². The highest BCUT2D eigenvalue weighted by atomic mass is 16.5. The Morgan fingerprint density at radius 3 is 2.74 bits per heavy atom. The van der Waals surface area contributed by atoms with Crippen LogP contribution < -0.4 is 10.6 Å². The molecule has 3 unspecified atom stereocenters. The van der Waals surface area contributed by atoms with E-state index in [1.54, 1.807) is 0 Å². The van der Waals surface area contributed by atoms with Gasteiger partial charge in [0.25, 0.3) is 0 Å². The van der Waals surface area contributed by atoms with E-state index in [2.05, 4.69) is 22.5 Å². The molecule has 2 aliphatic rings. The van der Waals surface area contributed by atoms with E-state index in [4.69, 9.17) is 4.74 Å². The van der Waals surface area contributed by atoms with Gasteiger partial charge < -0.3 is 20.3 Å². The number of hydrogen-bond donors (Lipinski definition) is 2. The predicted molar refractivity (Wildman–Crippen MR) is 75.1 cm³/mol. The number of piperidine rings is 1. The molecule has 1 amide bonds. The molecule has 110 valence electrons. The zero-order valence-corrected chi connectivity index (χ0v) is 12.2. The van der Waals surface area contributed by atoms with E-state index < -0.39 is 0 Å². The number of nitrogens with zero attached hydrogens (tertiary/aromatic N) is 1. The molecule has 0 aromatic carbocycles. The molecular weight excluding hydrogens is 242 g/mol. The lowest BCUT2D eigenvalue weighted by atomic mass is 10.0. The molecule has 0 aliphatic carbocycles. The Bertz CT molecular complexity index is 292. The molecule has 2 fully saturated rings. The molecule has 0 spiro atoms. The molecule has 3 atom stereocenters. The number of amides is 1. The number of ether oxygens (including phenoxy) is 1. The Kier molecular flexibility index (Phi) is 5.60. The molecule has 0 aromatic rings. The molecule has 19 heavy (non-hydrogen) atoms. The summed E-state index contributed by atoms with van der Waals surface area (Å²) in [5.74, 6) is 0.0789. The van der Waals surface area contributed by atoms with E-state index in [-0.39, 0.29) is 23.9 Å². The molecule has 0 bridgehead atoms. The first-order chi connectivity index (χ1) is 9.20. The van der Waals surface area contributed by atoms with Gasteiger partial charge >= 0.3 is 0 Å². The van der Waals surface area contributed by atoms with Crippen LogP contribution in [0, 0.1) is 5.92 Å². The van der Waals surface area contributed by atoms with Crippen LogP contribution in [0.5, 0.6) is 0 Å². The van der Waals surface area contributed by atoms with Crippen molar-refractivity contribution in [3.8, 4) is 0 Å². The second-order valence-corrected chi connectivity index (χ2v) is 5.81. The van der Waals surface area contributed by atoms with Crippen LogP contribution in [0.15, 0.2) is 0 Å². The Labute approximate surface area is 116 Å². The van der Waals surface area contributed by atoms with Gasteiger partial charge in [-0.15, -0.1) is 0 Å². The second kappa shape index (κ2) is 7.22. The largest absolute Gasteiger partial charge is 0.379 e. The van der Waals surface area contributed by atoms with Crippen molar-refractivity contribution in [3.05, 3.63) is 0 Å². The average Bonchev–Trinajstić information content (AvgIpc) is 2.88. The highest BCUT2D eigenvalue weighted by molar-refractivity contribution is 5.80. The van der Waals surface area contributed by atoms with Crippen LogP contribution in [0.25, 0.3) is 0 Å². The smallest absolute Gasteiger partial charge is 0.227 e. The van der Waals surface area contributed by atoms with Gasteiger partial charge in [0.15, 0.2) is 0 Å². The quantitative estimate of drug-likeness (QED) is 0.749. The number of carbonyl (C=O) groups excluding carboxylic acids is 1. The first-order valence-corrected chi connectivity index (χ1v) is 7.48. The third kappa shape index (κ3) is 4.16. The van der Waals surface area contributed by atoms with Crippen LogP contribution >= 0.6 is 0 Å². The lowest BCUT2D eigenvalue weighted by molar-refractivity contribution is -0.126. The van der Waals surface area contributed by atoms with Gasteiger partial charge in [-0.3, -0.25) is 4.79 Å². The summed E-state index contributed by atoms with van der Waals surface area (Å²) >= 11 is 0. The first kappa shape index (κ1) is 14.8. The van der Waals surface area contributed by atoms with Crippen molar-refractivity contribution in [2.45, 2.75) is 38.3 Å². The van der Waals surface area contributed by atoms with E-state index in [1.807, 2.05) is 7.05 Å². The average molecular weight is 269 g/mol. The molecule has 2 saturated heterocycles. The van der Waals surface area contributed by atoms with Gasteiger partial charge in [-0.25, -0.2) is 0 Å². The minimum Gasteiger partial charge on any atom is -0.379 e. The summed E-state index contributed by atoms with van der Waals surface area (Å²) in [5, 5.41) is 6.29. The van der Waals surface area contributed by atoms with Gasteiger partial charge in [0.2, 0.25) is 5.91 Å². The van der Waals surface area contributed by atoms with Gasteiger partial charge in [-0.05, 0) is 39.9 Å². The van der Waals surface area contributed by atoms with E-state index in [0.29, 0.717) is 13.2 Å². The van der Waals surface area contributed by atoms with Crippen LogP contribution in [-0.4, -0.2) is 62.8 Å². The maximum absolute atomic E-state index is 12.2. The Hall–Kier alpha value is -0.650. The van der Waals surface area contributed by atoms with Gasteiger partial charge in [0.1, 0.15) is 0 Å². The van der Waals surface area contributed by atoms with Crippen LogP contribution in [0.3, 0.4) is 0 Å². The van der Waals surface area contributed by atoms with E-state index in [1.165, 1.54) is 32.4 Å². The molecule has 0 saturated carbocycles. The summed E-state index contributed by atoms with van der Waals surface area (Å²) in [6, 6.07) is 0.367. The number of rotatable bonds is 5. The number of likely N-dealkylation sites (N-methyl/N-ethyl adjacent to an activating group) is 1. The minimum atomic E-state index is -0.0474. The maximum Gasteiger partial charge on any atom is 0.227 e. The fourth-order valence-corrected chi connectivity index (χ4v) is 3.02. The standard InChI is InChI=1S/C14H27N3O2/c1-11(8-17-6-4-3-5-7-17)16-14(18)12-9-19-10-13(12)15-2/h11-13,15H,3-10H2,1-2H3,(H,16,18). The number of likely N-dealkylation sites (tertiary alicyclic amines) is 1. The summed E-state index contributed by atoms with van der Waals surface area (Å²) < 4.78 is 5.38. The number of nitrogens with one attached hydrogen (secondary N) is 2. The van der Waals surface area contributed by atoms with Crippen LogP contribution in [0.1, 0.15) is 26.2 Å². The van der Waals surface area contributed by atoms with Gasteiger partial charge in [0, 0.05) is 18.6 Å². The SMILES string of the molecule is CNC1COCC1C(=O)NC(C)CN1CCCCC1. The molecular formula is C14H27N3O2. The Balaban J connectivity index is 1.74. The van der Waals surface area contributed by atoms with Crippen molar-refractivity contribution in [1.82, 2.24) is 15.5 Å². The van der Waals surface area contributed by atoms with E-state index in [0.717, 1.165) is 6.54 Å². The summed E-state index contributed by atoms with van der Waals surface area (Å²) in [7, 11) is 1.89. The molecule has 5 heteroatoms. The fraction of sp³-hybridized carbons (Fsp3) is 0.929. The zero-order chi connectivity index (χ0) is 13.7. The Morgan fingerprint density at radius 2 is 2.05 bits per heavy atom. The van der Waals surface area contributed by atoms with Gasteiger partial charge in [-0.2, -0.15) is 0 Å². The van der Waals surface area contributed by atoms with Crippen molar-refractivity contribution >= 4 is 5.91 Å². The number of carbonyl (C=O) groups is 1. The third-order valence-electron chi connectivity index (χ3n) is 4.16. The summed E-state index contributed by atoms with van der Waals surface area (Å²) in [6.07, 6.45) is 3.93. The van der Waals surface area contributed by atoms with E-state index in [9.17, 15) is 4.79 Å². The topological polar surface area (TPSA) is 53.6 Å². The van der Waals surface area contributed by atoms with Crippen molar-refractivity contribution in [1.29, 1.82) is 0 Å². The van der Waals surface area contributed by atoms with Gasteiger partial charge in [0.05, 0.1) is 19.1 Å². The molecule has 2 N–H and O–H groups in total. The summed E-state index contributed by atoms with van der Waals surface area (Å²) in [6.45, 7) is 6.57. The molecule has 2 rings (SSSR count). The monoisotopic (exact) mass is 269 g/mol. The van der Waals surface area contributed by atoms with Crippen LogP contribution in [-0.2, 0) is 9.53 Å². The highest BCUT2D eigenvalue weighted by Crippen LogP contribution is 2.14. The van der Waals surface area contributed by atoms with Crippen LogP contribution in [0.4, 0.5) is 0 Å². The summed E-state index contributed by atoms with van der Waals surface area (Å²) in [4.78, 5) is 14.7. The number of hydrogen-bond acceptors (Lipinski definition) is 4. The van der Waals surface area contributed by atoms with Crippen molar-refractivity contribution < 1.29 is 9.53 Å². The second-order valence-electron chi connectivity index (χ2n) is 5.81. The lowest BCUT2D eigenvalue weighted by Gasteiger charge is -2.30. The molecule has 5 nitrogen and oxygen atoms in total. The van der Waals surface area contributed by atoms with Crippen molar-refractivity contribution in [3.63, 3.8) is 0 Å². The zero-order valence-electron chi connectivity index (χ0n) is 12.2. The molecule has 2 aliphatic heterocycles.